The van der Waals surface area contributed by atoms with E-state index in [2.05, 4.69) is 30.9 Å². The second-order valence-electron chi connectivity index (χ2n) is 8.28. The number of thiazole rings is 1. The highest BCUT2D eigenvalue weighted by atomic mass is 35.5. The van der Waals surface area contributed by atoms with Gasteiger partial charge in [-0.15, -0.1) is 23.7 Å². The van der Waals surface area contributed by atoms with Crippen LogP contribution >= 0.6 is 23.7 Å². The van der Waals surface area contributed by atoms with Crippen molar-refractivity contribution in [3.05, 3.63) is 30.0 Å². The zero-order valence-corrected chi connectivity index (χ0v) is 21.0. The molecule has 36 heavy (non-hydrogen) atoms. The van der Waals surface area contributed by atoms with E-state index in [1.165, 1.54) is 11.3 Å². The molecule has 1 saturated carbocycles. The van der Waals surface area contributed by atoms with Gasteiger partial charge in [-0.2, -0.15) is 18.2 Å². The van der Waals surface area contributed by atoms with E-state index < -0.39 is 36.9 Å². The lowest BCUT2D eigenvalue weighted by Gasteiger charge is -2.21. The Morgan fingerprint density at radius 3 is 2.56 bits per heavy atom. The van der Waals surface area contributed by atoms with E-state index in [0.717, 1.165) is 10.2 Å². The second-order valence-corrected chi connectivity index (χ2v) is 9.31. The van der Waals surface area contributed by atoms with Crippen molar-refractivity contribution in [3.63, 3.8) is 0 Å². The summed E-state index contributed by atoms with van der Waals surface area (Å²) in [7, 11) is 0. The van der Waals surface area contributed by atoms with E-state index in [0.29, 0.717) is 22.8 Å². The zero-order chi connectivity index (χ0) is 25.3. The normalized spacial score (nSPS) is 21.8. The maximum atomic E-state index is 12.8. The number of carbonyl (C=O) groups is 1. The number of rotatable bonds is 7. The minimum atomic E-state index is -4.47. The number of nitrogens with one attached hydrogen (secondary N) is 3. The molecule has 2 heterocycles. The van der Waals surface area contributed by atoms with E-state index in [4.69, 9.17) is 0 Å². The molecule has 0 aliphatic heterocycles. The summed E-state index contributed by atoms with van der Waals surface area (Å²) in [6.07, 6.45) is -6.98. The molecule has 0 spiro atoms. The van der Waals surface area contributed by atoms with Gasteiger partial charge in [-0.05, 0) is 32.4 Å². The predicted molar refractivity (Wildman–Crippen MR) is 133 cm³/mol. The Morgan fingerprint density at radius 1 is 1.17 bits per heavy atom. The molecular weight excluding hydrogens is 521 g/mol. The van der Waals surface area contributed by atoms with Crippen LogP contribution in [0, 0.1) is 12.8 Å². The number of anilines is 2. The molecule has 0 saturated heterocycles. The maximum Gasteiger partial charge on any atom is 0.405 e. The maximum absolute atomic E-state index is 12.8. The molecule has 196 valence electrons. The van der Waals surface area contributed by atoms with Gasteiger partial charge in [0.25, 0.3) is 0 Å². The standard InChI is InChI=1S/C22H25F3N6O3S.ClH/c1-3-26-19(34)11-8-13(17(33)16(11)32)29-18-15(20-30-12-6-4-5-7-14(12)35-20)10(2)28-21(31-18)27-9-22(23,24)25;/h4-7,11,13,16-17,32-33H,3,8-9H2,1-2H3,(H,26,34)(H2,27,28,29,31);1H/t11-,13+,16+,17-;/m0./s1. The second kappa shape index (κ2) is 11.1. The summed E-state index contributed by atoms with van der Waals surface area (Å²) in [6, 6.07) is 6.67. The molecule has 1 aliphatic carbocycles. The Kier molecular flexibility index (Phi) is 8.59. The van der Waals surface area contributed by atoms with Crippen molar-refractivity contribution in [3.8, 4) is 10.6 Å². The van der Waals surface area contributed by atoms with Crippen LogP contribution in [0.5, 0.6) is 0 Å². The van der Waals surface area contributed by atoms with Crippen LogP contribution < -0.4 is 16.0 Å². The number of amides is 1. The molecule has 0 bridgehead atoms. The van der Waals surface area contributed by atoms with Crippen molar-refractivity contribution in [1.82, 2.24) is 20.3 Å². The quantitative estimate of drug-likeness (QED) is 0.305. The first-order chi connectivity index (χ1) is 16.6. The Balaban J connectivity index is 0.00000361. The number of alkyl halides is 3. The summed E-state index contributed by atoms with van der Waals surface area (Å²) in [5, 5.41) is 29.5. The van der Waals surface area contributed by atoms with E-state index in [1.54, 1.807) is 13.8 Å². The third kappa shape index (κ3) is 5.97. The number of benzene rings is 1. The molecule has 4 rings (SSSR count). The highest BCUT2D eigenvalue weighted by Gasteiger charge is 2.45. The first kappa shape index (κ1) is 27.8. The number of fused-ring (bicyclic) bond motifs is 1. The minimum Gasteiger partial charge on any atom is -0.390 e. The average Bonchev–Trinajstić information content (AvgIpc) is 3.33. The topological polar surface area (TPSA) is 132 Å². The average molecular weight is 547 g/mol. The van der Waals surface area contributed by atoms with Crippen molar-refractivity contribution in [1.29, 1.82) is 0 Å². The van der Waals surface area contributed by atoms with Gasteiger partial charge < -0.3 is 26.2 Å². The molecule has 5 N–H and O–H groups in total. The van der Waals surface area contributed by atoms with E-state index >= 15 is 0 Å². The number of para-hydroxylation sites is 1. The number of aliphatic hydroxyl groups is 2. The summed E-state index contributed by atoms with van der Waals surface area (Å²) in [6.45, 7) is 2.42. The number of nitrogens with zero attached hydrogens (tertiary/aromatic N) is 3. The van der Waals surface area contributed by atoms with Gasteiger partial charge in [-0.1, -0.05) is 12.1 Å². The molecular formula is C22H26ClF3N6O3S. The van der Waals surface area contributed by atoms with Crippen molar-refractivity contribution in [2.45, 2.75) is 44.7 Å². The fourth-order valence-electron chi connectivity index (χ4n) is 4.09. The van der Waals surface area contributed by atoms with Gasteiger partial charge in [0.2, 0.25) is 11.9 Å². The molecule has 2 aromatic heterocycles. The van der Waals surface area contributed by atoms with Crippen LogP contribution in [0.15, 0.2) is 24.3 Å². The number of aromatic nitrogens is 3. The molecule has 1 aromatic carbocycles. The van der Waals surface area contributed by atoms with Crippen LogP contribution in [0.2, 0.25) is 0 Å². The molecule has 1 aliphatic rings. The van der Waals surface area contributed by atoms with Crippen molar-refractivity contribution >= 4 is 51.6 Å². The van der Waals surface area contributed by atoms with E-state index in [1.807, 2.05) is 24.3 Å². The fraction of sp³-hybridized carbons (Fsp3) is 0.455. The number of hydrogen-bond donors (Lipinski definition) is 5. The molecule has 0 radical (unpaired) electrons. The summed E-state index contributed by atoms with van der Waals surface area (Å²) in [4.78, 5) is 25.4. The SMILES string of the molecule is CCNC(=O)[C@H]1C[C@@H](Nc2nc(NCC(F)(F)F)nc(C)c2-c2nc3ccccc3s2)[C@H](O)[C@@H]1O.Cl. The van der Waals surface area contributed by atoms with Crippen LogP contribution in [-0.2, 0) is 4.79 Å². The van der Waals surface area contributed by atoms with Crippen molar-refractivity contribution in [2.24, 2.45) is 5.92 Å². The molecule has 14 heteroatoms. The molecule has 9 nitrogen and oxygen atoms in total. The predicted octanol–water partition coefficient (Wildman–Crippen LogP) is 3.12. The Hall–Kier alpha value is -2.74. The summed E-state index contributed by atoms with van der Waals surface area (Å²) < 4.78 is 39.2. The van der Waals surface area contributed by atoms with Gasteiger partial charge in [-0.25, -0.2) is 9.97 Å². The van der Waals surface area contributed by atoms with E-state index in [-0.39, 0.29) is 36.5 Å². The number of aliphatic hydroxyl groups excluding tert-OH is 2. The minimum absolute atomic E-state index is 0. The number of hydrogen-bond acceptors (Lipinski definition) is 9. The van der Waals surface area contributed by atoms with E-state index in [9.17, 15) is 28.2 Å². The van der Waals surface area contributed by atoms with Crippen molar-refractivity contribution in [2.75, 3.05) is 23.7 Å². The van der Waals surface area contributed by atoms with Gasteiger partial charge in [-0.3, -0.25) is 4.79 Å². The molecule has 1 fully saturated rings. The van der Waals surface area contributed by atoms with Gasteiger partial charge in [0.15, 0.2) is 0 Å². The lowest BCUT2D eigenvalue weighted by atomic mass is 10.0. The van der Waals surface area contributed by atoms with Crippen LogP contribution in [0.3, 0.4) is 0 Å². The van der Waals surface area contributed by atoms with Gasteiger partial charge in [0.1, 0.15) is 23.5 Å². The van der Waals surface area contributed by atoms with Gasteiger partial charge >= 0.3 is 6.18 Å². The van der Waals surface area contributed by atoms with Crippen molar-refractivity contribution < 1.29 is 28.2 Å². The summed E-state index contributed by atoms with van der Waals surface area (Å²) in [5.41, 5.74) is 1.58. The van der Waals surface area contributed by atoms with Gasteiger partial charge in [0, 0.05) is 6.54 Å². The molecule has 1 amide bonds. The number of halogens is 4. The van der Waals surface area contributed by atoms with Crippen LogP contribution in [0.25, 0.3) is 20.8 Å². The Morgan fingerprint density at radius 2 is 1.89 bits per heavy atom. The lowest BCUT2D eigenvalue weighted by Crippen LogP contribution is -2.39. The van der Waals surface area contributed by atoms with Gasteiger partial charge in [0.05, 0.1) is 39.5 Å². The Labute approximate surface area is 215 Å². The third-order valence-corrected chi connectivity index (χ3v) is 6.79. The largest absolute Gasteiger partial charge is 0.405 e. The monoisotopic (exact) mass is 546 g/mol. The Bertz CT molecular complexity index is 1190. The fourth-order valence-corrected chi connectivity index (χ4v) is 5.15. The molecule has 0 unspecified atom stereocenters. The summed E-state index contributed by atoms with van der Waals surface area (Å²) >= 11 is 1.37. The third-order valence-electron chi connectivity index (χ3n) is 5.74. The zero-order valence-electron chi connectivity index (χ0n) is 19.3. The smallest absolute Gasteiger partial charge is 0.390 e. The highest BCUT2D eigenvalue weighted by Crippen LogP contribution is 2.38. The van der Waals surface area contributed by atoms with Crippen LogP contribution in [-0.4, -0.2) is 68.6 Å². The number of carbonyl (C=O) groups excluding carboxylic acids is 1. The highest BCUT2D eigenvalue weighted by molar-refractivity contribution is 7.21. The number of aryl methyl sites for hydroxylation is 1. The van der Waals surface area contributed by atoms with Crippen LogP contribution in [0.4, 0.5) is 24.9 Å². The first-order valence-electron chi connectivity index (χ1n) is 11.0. The first-order valence-corrected chi connectivity index (χ1v) is 11.8. The molecule has 4 atom stereocenters. The lowest BCUT2D eigenvalue weighted by molar-refractivity contribution is -0.128. The van der Waals surface area contributed by atoms with Crippen LogP contribution in [0.1, 0.15) is 19.0 Å². The molecule has 3 aromatic rings. The summed E-state index contributed by atoms with van der Waals surface area (Å²) in [5.74, 6) is -1.34.